The number of hydrogen-bond donors (Lipinski definition) is 0. The summed E-state index contributed by atoms with van der Waals surface area (Å²) in [7, 11) is 0. The molecule has 2 rings (SSSR count). The van der Waals surface area contributed by atoms with Crippen molar-refractivity contribution in [2.24, 2.45) is 0 Å². The molecule has 1 saturated heterocycles. The quantitative estimate of drug-likeness (QED) is 0.759. The minimum atomic E-state index is -0.369. The topological polar surface area (TPSA) is 3.24 Å². The summed E-state index contributed by atoms with van der Waals surface area (Å²) >= 11 is 1.40. The van der Waals surface area contributed by atoms with E-state index in [1.807, 2.05) is 0 Å². The van der Waals surface area contributed by atoms with E-state index < -0.39 is 0 Å². The third-order valence-corrected chi connectivity index (χ3v) is 4.02. The van der Waals surface area contributed by atoms with E-state index in [1.54, 1.807) is 0 Å². The summed E-state index contributed by atoms with van der Waals surface area (Å²) in [6, 6.07) is 3.62. The molecule has 0 N–H and O–H groups in total. The van der Waals surface area contributed by atoms with Crippen LogP contribution in [0, 0.1) is 11.6 Å². The molecule has 0 amide bonds. The Bertz CT molecular complexity index is 364. The Balaban J connectivity index is 1.79. The minimum Gasteiger partial charge on any atom is -0.303 e. The van der Waals surface area contributed by atoms with E-state index in [1.165, 1.54) is 43.2 Å². The van der Waals surface area contributed by atoms with Gasteiger partial charge in [0.1, 0.15) is 11.6 Å². The van der Waals surface area contributed by atoms with Crippen LogP contribution in [0.1, 0.15) is 19.3 Å². The zero-order valence-electron chi connectivity index (χ0n) is 9.79. The van der Waals surface area contributed by atoms with Crippen molar-refractivity contribution in [3.8, 4) is 0 Å². The molecule has 0 unspecified atom stereocenters. The second-order valence-corrected chi connectivity index (χ2v) is 5.46. The Hall–Kier alpha value is -0.610. The minimum absolute atomic E-state index is 0.324. The van der Waals surface area contributed by atoms with Gasteiger partial charge in [-0.1, -0.05) is 6.42 Å². The lowest BCUT2D eigenvalue weighted by Gasteiger charge is -2.26. The highest BCUT2D eigenvalue weighted by molar-refractivity contribution is 7.99. The number of halogens is 2. The van der Waals surface area contributed by atoms with Crippen LogP contribution in [-0.4, -0.2) is 30.3 Å². The Morgan fingerprint density at radius 3 is 2.65 bits per heavy atom. The molecular formula is C13H17F2NS. The number of nitrogens with zero attached hydrogens (tertiary/aromatic N) is 1. The fourth-order valence-electron chi connectivity index (χ4n) is 2.06. The fourth-order valence-corrected chi connectivity index (χ4v) is 3.03. The summed E-state index contributed by atoms with van der Waals surface area (Å²) in [6.07, 6.45) is 3.85. The Kier molecular flexibility index (Phi) is 4.80. The van der Waals surface area contributed by atoms with E-state index in [9.17, 15) is 8.78 Å². The van der Waals surface area contributed by atoms with Gasteiger partial charge in [0.05, 0.1) is 0 Å². The summed E-state index contributed by atoms with van der Waals surface area (Å²) < 4.78 is 26.3. The molecule has 1 aromatic rings. The first-order valence-corrected chi connectivity index (χ1v) is 7.04. The van der Waals surface area contributed by atoms with Crippen LogP contribution in [0.5, 0.6) is 0 Å². The first-order chi connectivity index (χ1) is 8.25. The van der Waals surface area contributed by atoms with Crippen molar-refractivity contribution in [2.45, 2.75) is 24.2 Å². The van der Waals surface area contributed by atoms with Crippen LogP contribution < -0.4 is 0 Å². The molecule has 1 aliphatic heterocycles. The van der Waals surface area contributed by atoms with E-state index in [4.69, 9.17) is 0 Å². The number of hydrogen-bond acceptors (Lipinski definition) is 2. The van der Waals surface area contributed by atoms with Gasteiger partial charge in [-0.3, -0.25) is 0 Å². The number of likely N-dealkylation sites (tertiary alicyclic amines) is 1. The number of benzene rings is 1. The third kappa shape index (κ3) is 3.96. The van der Waals surface area contributed by atoms with Crippen LogP contribution in [0.2, 0.25) is 0 Å². The van der Waals surface area contributed by atoms with Crippen molar-refractivity contribution in [1.82, 2.24) is 4.90 Å². The van der Waals surface area contributed by atoms with Crippen molar-refractivity contribution in [1.29, 1.82) is 0 Å². The molecule has 1 fully saturated rings. The molecular weight excluding hydrogens is 240 g/mol. The maximum Gasteiger partial charge on any atom is 0.136 e. The summed E-state index contributed by atoms with van der Waals surface area (Å²) in [6.45, 7) is 3.25. The fraction of sp³-hybridized carbons (Fsp3) is 0.538. The Morgan fingerprint density at radius 2 is 1.88 bits per heavy atom. The van der Waals surface area contributed by atoms with Gasteiger partial charge in [0.25, 0.3) is 0 Å². The van der Waals surface area contributed by atoms with Gasteiger partial charge in [-0.25, -0.2) is 8.78 Å². The third-order valence-electron chi connectivity index (χ3n) is 3.01. The van der Waals surface area contributed by atoms with Gasteiger partial charge < -0.3 is 4.90 Å². The van der Waals surface area contributed by atoms with Crippen molar-refractivity contribution in [2.75, 3.05) is 25.4 Å². The molecule has 0 spiro atoms. The first kappa shape index (κ1) is 12.8. The van der Waals surface area contributed by atoms with Crippen LogP contribution in [0.15, 0.2) is 23.1 Å². The molecule has 1 heterocycles. The van der Waals surface area contributed by atoms with E-state index in [0.717, 1.165) is 31.5 Å². The van der Waals surface area contributed by atoms with Crippen LogP contribution in [0.25, 0.3) is 0 Å². The maximum absolute atomic E-state index is 13.3. The predicted octanol–water partition coefficient (Wildman–Crippen LogP) is 3.54. The largest absolute Gasteiger partial charge is 0.303 e. The van der Waals surface area contributed by atoms with Gasteiger partial charge in [-0.05, 0) is 44.1 Å². The van der Waals surface area contributed by atoms with Gasteiger partial charge >= 0.3 is 0 Å². The zero-order chi connectivity index (χ0) is 12.1. The highest BCUT2D eigenvalue weighted by Crippen LogP contribution is 2.23. The summed E-state index contributed by atoms with van der Waals surface area (Å²) in [5.74, 6) is 0.127. The molecule has 1 aromatic carbocycles. The SMILES string of the molecule is Fc1ccc(F)c(SCCN2CCCCC2)c1. The van der Waals surface area contributed by atoms with Gasteiger partial charge in [0.2, 0.25) is 0 Å². The lowest BCUT2D eigenvalue weighted by molar-refractivity contribution is 0.242. The molecule has 0 aliphatic carbocycles. The van der Waals surface area contributed by atoms with Crippen LogP contribution in [0.4, 0.5) is 8.78 Å². The molecule has 1 aliphatic rings. The summed E-state index contributed by atoms with van der Waals surface area (Å²) in [4.78, 5) is 2.82. The molecule has 94 valence electrons. The van der Waals surface area contributed by atoms with Crippen molar-refractivity contribution < 1.29 is 8.78 Å². The van der Waals surface area contributed by atoms with Crippen LogP contribution in [-0.2, 0) is 0 Å². The normalized spacial score (nSPS) is 17.3. The summed E-state index contributed by atoms with van der Waals surface area (Å²) in [5, 5.41) is 0. The Labute approximate surface area is 105 Å². The number of rotatable bonds is 4. The second-order valence-electron chi connectivity index (χ2n) is 4.33. The predicted molar refractivity (Wildman–Crippen MR) is 67.4 cm³/mol. The second kappa shape index (κ2) is 6.36. The first-order valence-electron chi connectivity index (χ1n) is 6.06. The maximum atomic E-state index is 13.3. The average Bonchev–Trinajstić information content (AvgIpc) is 2.35. The average molecular weight is 257 g/mol. The van der Waals surface area contributed by atoms with Crippen molar-refractivity contribution >= 4 is 11.8 Å². The van der Waals surface area contributed by atoms with E-state index in [2.05, 4.69) is 4.90 Å². The number of piperidine rings is 1. The smallest absolute Gasteiger partial charge is 0.136 e. The molecule has 0 radical (unpaired) electrons. The van der Waals surface area contributed by atoms with E-state index in [-0.39, 0.29) is 11.6 Å². The lowest BCUT2D eigenvalue weighted by atomic mass is 10.1. The van der Waals surface area contributed by atoms with Gasteiger partial charge in [-0.2, -0.15) is 0 Å². The van der Waals surface area contributed by atoms with E-state index in [0.29, 0.717) is 4.90 Å². The Morgan fingerprint density at radius 1 is 1.12 bits per heavy atom. The monoisotopic (exact) mass is 257 g/mol. The standard InChI is InChI=1S/C13H17F2NS/c14-11-4-5-12(15)13(10-11)17-9-8-16-6-2-1-3-7-16/h4-5,10H,1-3,6-9H2. The van der Waals surface area contributed by atoms with Gasteiger partial charge in [-0.15, -0.1) is 11.8 Å². The molecule has 0 aromatic heterocycles. The highest BCUT2D eigenvalue weighted by Gasteiger charge is 2.10. The van der Waals surface area contributed by atoms with Gasteiger partial charge in [0.15, 0.2) is 0 Å². The molecule has 4 heteroatoms. The zero-order valence-corrected chi connectivity index (χ0v) is 10.6. The summed E-state index contributed by atoms with van der Waals surface area (Å²) in [5.41, 5.74) is 0. The van der Waals surface area contributed by atoms with E-state index >= 15 is 0 Å². The number of thioether (sulfide) groups is 1. The molecule has 1 nitrogen and oxygen atoms in total. The highest BCUT2D eigenvalue weighted by atomic mass is 32.2. The van der Waals surface area contributed by atoms with Crippen molar-refractivity contribution in [3.63, 3.8) is 0 Å². The molecule has 0 saturated carbocycles. The van der Waals surface area contributed by atoms with Crippen molar-refractivity contribution in [3.05, 3.63) is 29.8 Å². The van der Waals surface area contributed by atoms with Gasteiger partial charge in [0, 0.05) is 17.2 Å². The molecule has 0 bridgehead atoms. The van der Waals surface area contributed by atoms with Crippen LogP contribution in [0.3, 0.4) is 0 Å². The van der Waals surface area contributed by atoms with Crippen LogP contribution >= 0.6 is 11.8 Å². The lowest BCUT2D eigenvalue weighted by Crippen LogP contribution is -2.31. The molecule has 0 atom stereocenters. The molecule has 17 heavy (non-hydrogen) atoms.